The Morgan fingerprint density at radius 2 is 1.60 bits per heavy atom. The number of hydrogen-bond donors (Lipinski definition) is 3. The molecule has 1 unspecified atom stereocenters. The smallest absolute Gasteiger partial charge is 0.408 e. The van der Waals surface area contributed by atoms with Gasteiger partial charge in [-0.05, 0) is 56.9 Å². The summed E-state index contributed by atoms with van der Waals surface area (Å²) >= 11 is 1.43. The summed E-state index contributed by atoms with van der Waals surface area (Å²) in [5.41, 5.74) is 4.69. The molecule has 0 aliphatic carbocycles. The normalized spacial score (nSPS) is 20.1. The maximum atomic E-state index is 13.1. The monoisotopic (exact) mass is 736 g/mol. The van der Waals surface area contributed by atoms with Crippen LogP contribution in [0, 0.1) is 0 Å². The number of amides is 3. The summed E-state index contributed by atoms with van der Waals surface area (Å²) in [6.45, 7) is 0.0199. The number of nitrogens with zero attached hydrogens (tertiary/aromatic N) is 5. The molecule has 2 aliphatic heterocycles. The number of phenolic OH excluding ortho intramolecular Hbond substituents is 1. The first-order chi connectivity index (χ1) is 25.8. The van der Waals surface area contributed by atoms with Gasteiger partial charge >= 0.3 is 6.09 Å². The molecule has 0 bridgehead atoms. The molecule has 4 atom stereocenters. The molecule has 0 saturated carbocycles. The van der Waals surface area contributed by atoms with E-state index in [1.807, 2.05) is 78.9 Å². The quantitative estimate of drug-likeness (QED) is 0.118. The molecule has 0 spiro atoms. The second-order valence-corrected chi connectivity index (χ2v) is 13.6. The standard InChI is InChI=1S/C38H36N6O8S/c45-21-25-8-10-27(11-9-25)33-18-31(23-53-37-40-41-42-44(37)29-14-16-30(46)17-15-29)51-36(52-33)28-12-6-24(7-13-28)20-43-34(47)19-32(35(43)48)39-38(49)50-22-26-4-2-1-3-5-26/h1-17,31-33,36,45-46H,18-23H2,(H,39,49)/t31-,32?,33+,36+/m1/s1. The van der Waals surface area contributed by atoms with Crippen LogP contribution in [0.15, 0.2) is 108 Å². The molecular weight excluding hydrogens is 701 g/mol. The van der Waals surface area contributed by atoms with Crippen molar-refractivity contribution in [3.05, 3.63) is 131 Å². The van der Waals surface area contributed by atoms with Crippen LogP contribution in [-0.4, -0.2) is 71.1 Å². The number of tetrazole rings is 1. The van der Waals surface area contributed by atoms with Crippen molar-refractivity contribution in [2.75, 3.05) is 5.75 Å². The molecule has 5 aromatic rings. The summed E-state index contributed by atoms with van der Waals surface area (Å²) < 4.78 is 19.8. The van der Waals surface area contributed by atoms with Gasteiger partial charge in [0.2, 0.25) is 11.1 Å². The van der Waals surface area contributed by atoms with Gasteiger partial charge in [-0.2, -0.15) is 4.68 Å². The van der Waals surface area contributed by atoms with Gasteiger partial charge in [0.15, 0.2) is 6.29 Å². The Kier molecular flexibility index (Phi) is 11.1. The first-order valence-electron chi connectivity index (χ1n) is 16.9. The van der Waals surface area contributed by atoms with E-state index in [1.165, 1.54) is 11.8 Å². The number of aliphatic hydroxyl groups excluding tert-OH is 1. The predicted octanol–water partition coefficient (Wildman–Crippen LogP) is 4.75. The third-order valence-corrected chi connectivity index (χ3v) is 9.94. The molecule has 4 aromatic carbocycles. The molecule has 3 heterocycles. The van der Waals surface area contributed by atoms with E-state index in [9.17, 15) is 24.6 Å². The number of likely N-dealkylation sites (tertiary alicyclic amines) is 1. The van der Waals surface area contributed by atoms with Gasteiger partial charge in [-0.25, -0.2) is 4.79 Å². The average molecular weight is 737 g/mol. The minimum absolute atomic E-state index is 0.0381. The second kappa shape index (κ2) is 16.4. The van der Waals surface area contributed by atoms with E-state index in [1.54, 1.807) is 28.9 Å². The van der Waals surface area contributed by atoms with Gasteiger partial charge < -0.3 is 29.7 Å². The number of alkyl carbamates (subject to hydrolysis) is 1. The fourth-order valence-corrected chi connectivity index (χ4v) is 6.95. The molecular formula is C38H36N6O8S. The van der Waals surface area contributed by atoms with E-state index in [0.717, 1.165) is 27.2 Å². The number of rotatable bonds is 12. The Morgan fingerprint density at radius 1 is 0.887 bits per heavy atom. The van der Waals surface area contributed by atoms with Crippen molar-refractivity contribution in [2.24, 2.45) is 0 Å². The first-order valence-corrected chi connectivity index (χ1v) is 17.9. The van der Waals surface area contributed by atoms with Crippen LogP contribution in [0.2, 0.25) is 0 Å². The number of aromatic nitrogens is 4. The van der Waals surface area contributed by atoms with Gasteiger partial charge in [-0.1, -0.05) is 90.6 Å². The second-order valence-electron chi connectivity index (χ2n) is 12.6. The number of aromatic hydroxyl groups is 1. The van der Waals surface area contributed by atoms with Crippen molar-refractivity contribution in [2.45, 2.75) is 62.3 Å². The van der Waals surface area contributed by atoms with Gasteiger partial charge in [-0.15, -0.1) is 5.10 Å². The van der Waals surface area contributed by atoms with E-state index < -0.39 is 30.2 Å². The summed E-state index contributed by atoms with van der Waals surface area (Å²) in [5, 5.41) is 34.4. The Balaban J connectivity index is 1.00. The number of thioether (sulfide) groups is 1. The van der Waals surface area contributed by atoms with Crippen molar-refractivity contribution in [1.82, 2.24) is 30.4 Å². The Bertz CT molecular complexity index is 2030. The van der Waals surface area contributed by atoms with Crippen LogP contribution >= 0.6 is 11.8 Å². The van der Waals surface area contributed by atoms with Gasteiger partial charge in [0, 0.05) is 17.7 Å². The number of ether oxygens (including phenoxy) is 3. The van der Waals surface area contributed by atoms with Crippen molar-refractivity contribution < 1.29 is 38.8 Å². The molecule has 2 fully saturated rings. The molecule has 53 heavy (non-hydrogen) atoms. The Morgan fingerprint density at radius 3 is 2.34 bits per heavy atom. The maximum Gasteiger partial charge on any atom is 0.408 e. The van der Waals surface area contributed by atoms with Crippen molar-refractivity contribution >= 4 is 29.7 Å². The number of aliphatic hydroxyl groups is 1. The topological polar surface area (TPSA) is 178 Å². The molecule has 7 rings (SSSR count). The van der Waals surface area contributed by atoms with Gasteiger partial charge in [-0.3, -0.25) is 14.5 Å². The molecule has 1 aromatic heterocycles. The first kappa shape index (κ1) is 35.8. The number of benzene rings is 4. The lowest BCUT2D eigenvalue weighted by atomic mass is 10.0. The molecule has 15 heteroatoms. The zero-order valence-electron chi connectivity index (χ0n) is 28.4. The lowest BCUT2D eigenvalue weighted by Crippen LogP contribution is -2.41. The van der Waals surface area contributed by atoms with Crippen LogP contribution in [0.25, 0.3) is 5.69 Å². The minimum Gasteiger partial charge on any atom is -0.508 e. The van der Waals surface area contributed by atoms with Gasteiger partial charge in [0.1, 0.15) is 18.4 Å². The number of hydrogen-bond acceptors (Lipinski definition) is 12. The van der Waals surface area contributed by atoms with E-state index in [0.29, 0.717) is 28.6 Å². The van der Waals surface area contributed by atoms with Crippen molar-refractivity contribution in [3.63, 3.8) is 0 Å². The van der Waals surface area contributed by atoms with Crippen molar-refractivity contribution in [3.8, 4) is 11.4 Å². The lowest BCUT2D eigenvalue weighted by molar-refractivity contribution is -0.245. The zero-order chi connectivity index (χ0) is 36.7. The third-order valence-electron chi connectivity index (χ3n) is 8.89. The number of imide groups is 1. The highest BCUT2D eigenvalue weighted by Crippen LogP contribution is 2.39. The molecule has 3 N–H and O–H groups in total. The minimum atomic E-state index is -1.00. The van der Waals surface area contributed by atoms with Crippen LogP contribution in [0.1, 0.15) is 53.1 Å². The SMILES string of the molecule is O=C(NC1CC(=O)N(Cc2ccc([C@H]3O[C@@H](CSc4nnnn4-c4ccc(O)cc4)C[C@@H](c4ccc(CO)cc4)O3)cc2)C1=O)OCc1ccccc1. The average Bonchev–Trinajstić information content (AvgIpc) is 3.77. The fraction of sp³-hybridized carbons (Fsp3) is 0.263. The molecule has 0 radical (unpaired) electrons. The highest BCUT2D eigenvalue weighted by molar-refractivity contribution is 7.99. The molecule has 2 aliphatic rings. The zero-order valence-corrected chi connectivity index (χ0v) is 29.2. The van der Waals surface area contributed by atoms with Crippen LogP contribution in [-0.2, 0) is 43.6 Å². The van der Waals surface area contributed by atoms with E-state index >= 15 is 0 Å². The van der Waals surface area contributed by atoms with Crippen LogP contribution in [0.4, 0.5) is 4.79 Å². The van der Waals surface area contributed by atoms with Crippen molar-refractivity contribution in [1.29, 1.82) is 0 Å². The summed E-state index contributed by atoms with van der Waals surface area (Å²) in [7, 11) is 0. The van der Waals surface area contributed by atoms with Crippen LogP contribution in [0.5, 0.6) is 5.75 Å². The van der Waals surface area contributed by atoms with E-state index in [4.69, 9.17) is 14.2 Å². The number of carbonyl (C=O) groups excluding carboxylic acids is 3. The molecule has 3 amide bonds. The highest BCUT2D eigenvalue weighted by Gasteiger charge is 2.40. The largest absolute Gasteiger partial charge is 0.508 e. The summed E-state index contributed by atoms with van der Waals surface area (Å²) in [6.07, 6.45) is -1.69. The number of nitrogens with one attached hydrogen (secondary N) is 1. The van der Waals surface area contributed by atoms with Gasteiger partial charge in [0.05, 0.1) is 37.5 Å². The Hall–Kier alpha value is -5.61. The summed E-state index contributed by atoms with van der Waals surface area (Å²) in [6, 6.07) is 29.6. The van der Waals surface area contributed by atoms with E-state index in [-0.39, 0.29) is 44.1 Å². The predicted molar refractivity (Wildman–Crippen MR) is 190 cm³/mol. The van der Waals surface area contributed by atoms with E-state index in [2.05, 4.69) is 20.8 Å². The number of carbonyl (C=O) groups is 3. The molecule has 2 saturated heterocycles. The summed E-state index contributed by atoms with van der Waals surface area (Å²) in [4.78, 5) is 39.4. The van der Waals surface area contributed by atoms with Gasteiger partial charge in [0.25, 0.3) is 5.91 Å². The molecule has 272 valence electrons. The lowest BCUT2D eigenvalue weighted by Gasteiger charge is -2.36. The summed E-state index contributed by atoms with van der Waals surface area (Å²) in [5.74, 6) is -0.239. The third kappa shape index (κ3) is 8.72. The fourth-order valence-electron chi connectivity index (χ4n) is 6.05. The molecule has 14 nitrogen and oxygen atoms in total. The maximum absolute atomic E-state index is 13.1. The number of phenols is 1. The highest BCUT2D eigenvalue weighted by atomic mass is 32.2. The Labute approximate surface area is 308 Å². The van der Waals surface area contributed by atoms with Crippen LogP contribution in [0.3, 0.4) is 0 Å². The van der Waals surface area contributed by atoms with Crippen LogP contribution < -0.4 is 5.32 Å².